The number of hydrogen-bond acceptors (Lipinski definition) is 5. The molecule has 1 aliphatic heterocycles. The molecule has 0 saturated carbocycles. The van der Waals surface area contributed by atoms with Crippen LogP contribution in [0, 0.1) is 6.92 Å². The smallest absolute Gasteiger partial charge is 0.243 e. The first-order chi connectivity index (χ1) is 11.6. The number of fused-ring (bicyclic) bond motifs is 1. The van der Waals surface area contributed by atoms with Gasteiger partial charge in [-0.25, -0.2) is 0 Å². The quantitative estimate of drug-likeness (QED) is 0.714. The third kappa shape index (κ3) is 2.45. The van der Waals surface area contributed by atoms with Crippen LogP contribution in [0.15, 0.2) is 52.9 Å². The number of aromatic nitrogens is 1. The second-order valence-corrected chi connectivity index (χ2v) is 6.56. The number of benzene rings is 1. The Labute approximate surface area is 143 Å². The van der Waals surface area contributed by atoms with E-state index in [4.69, 9.17) is 4.74 Å². The van der Waals surface area contributed by atoms with Crippen molar-refractivity contribution in [3.05, 3.63) is 64.0 Å². The van der Waals surface area contributed by atoms with E-state index in [-0.39, 0.29) is 5.91 Å². The molecular weight excluding hydrogens is 322 g/mol. The van der Waals surface area contributed by atoms with Gasteiger partial charge in [0.05, 0.1) is 10.4 Å². The average Bonchev–Trinajstić information content (AvgIpc) is 3.23. The molecule has 0 radical (unpaired) electrons. The summed E-state index contributed by atoms with van der Waals surface area (Å²) in [7, 11) is 0. The summed E-state index contributed by atoms with van der Waals surface area (Å²) in [6.45, 7) is 3.43. The third-order valence-electron chi connectivity index (χ3n) is 3.83. The number of thiophene rings is 1. The van der Waals surface area contributed by atoms with Gasteiger partial charge in [0.25, 0.3) is 0 Å². The van der Waals surface area contributed by atoms with Crippen LogP contribution < -0.4 is 0 Å². The van der Waals surface area contributed by atoms with Crippen molar-refractivity contribution in [2.75, 3.05) is 0 Å². The largest absolute Gasteiger partial charge is 0.445 e. The fourth-order valence-corrected chi connectivity index (χ4v) is 3.51. The summed E-state index contributed by atoms with van der Waals surface area (Å²) in [6.07, 6.45) is -0.510. The fraction of sp³-hybridized carbons (Fsp3) is 0.167. The predicted octanol–water partition coefficient (Wildman–Crippen LogP) is 3.84. The van der Waals surface area contributed by atoms with Gasteiger partial charge in [-0.3, -0.25) is 9.78 Å². The molecule has 5 nitrogen and oxygen atoms in total. The number of aryl methyl sites for hydroxylation is 1. The highest BCUT2D eigenvalue weighted by Gasteiger charge is 2.34. The van der Waals surface area contributed by atoms with Crippen LogP contribution >= 0.6 is 11.3 Å². The zero-order chi connectivity index (χ0) is 16.7. The van der Waals surface area contributed by atoms with Gasteiger partial charge in [0.1, 0.15) is 0 Å². The van der Waals surface area contributed by atoms with E-state index in [0.717, 1.165) is 27.0 Å². The molecule has 0 spiro atoms. The molecule has 1 unspecified atom stereocenters. The van der Waals surface area contributed by atoms with Crippen molar-refractivity contribution in [1.82, 2.24) is 9.99 Å². The Hall–Kier alpha value is -2.73. The van der Waals surface area contributed by atoms with Crippen molar-refractivity contribution in [3.63, 3.8) is 0 Å². The van der Waals surface area contributed by atoms with E-state index in [1.165, 1.54) is 11.9 Å². The Bertz CT molecular complexity index is 950. The van der Waals surface area contributed by atoms with Crippen molar-refractivity contribution < 1.29 is 9.53 Å². The molecule has 120 valence electrons. The first-order valence-corrected chi connectivity index (χ1v) is 8.46. The Balaban J connectivity index is 1.83. The van der Waals surface area contributed by atoms with Crippen LogP contribution in [0.2, 0.25) is 0 Å². The maximum absolute atomic E-state index is 12.0. The highest BCUT2D eigenvalue weighted by atomic mass is 32.1. The van der Waals surface area contributed by atoms with Crippen molar-refractivity contribution >= 4 is 34.0 Å². The van der Waals surface area contributed by atoms with E-state index >= 15 is 0 Å². The number of nitrogens with zero attached hydrogens (tertiary/aromatic N) is 3. The summed E-state index contributed by atoms with van der Waals surface area (Å²) < 4.78 is 6.07. The van der Waals surface area contributed by atoms with Crippen LogP contribution in [0.5, 0.6) is 0 Å². The SMILES string of the molecule is CC(=O)N1N=C(c2cc(C)nc3ccccc23)OC1c1cccs1. The van der Waals surface area contributed by atoms with Crippen molar-refractivity contribution in [2.45, 2.75) is 20.1 Å². The monoisotopic (exact) mass is 337 g/mol. The highest BCUT2D eigenvalue weighted by molar-refractivity contribution is 7.10. The molecule has 0 saturated heterocycles. The first-order valence-electron chi connectivity index (χ1n) is 7.59. The van der Waals surface area contributed by atoms with Crippen LogP contribution in [0.25, 0.3) is 10.9 Å². The number of ether oxygens (including phenoxy) is 1. The van der Waals surface area contributed by atoms with E-state index in [1.54, 1.807) is 11.3 Å². The molecule has 3 heterocycles. The topological polar surface area (TPSA) is 54.8 Å². The van der Waals surface area contributed by atoms with Gasteiger partial charge in [0, 0.05) is 23.6 Å². The number of pyridine rings is 1. The molecule has 1 aliphatic rings. The van der Waals surface area contributed by atoms with Gasteiger partial charge in [-0.1, -0.05) is 24.3 Å². The maximum Gasteiger partial charge on any atom is 0.243 e. The number of rotatable bonds is 2. The van der Waals surface area contributed by atoms with E-state index in [2.05, 4.69) is 10.1 Å². The standard InChI is InChI=1S/C18H15N3O2S/c1-11-10-14(13-6-3-4-7-15(13)19-11)17-20-21(12(2)22)18(23-17)16-8-5-9-24-16/h3-10,18H,1-2H3. The van der Waals surface area contributed by atoms with Crippen molar-refractivity contribution in [1.29, 1.82) is 0 Å². The normalized spacial score (nSPS) is 17.0. The minimum atomic E-state index is -0.510. The molecule has 6 heteroatoms. The maximum atomic E-state index is 12.0. The Morgan fingerprint density at radius 3 is 2.83 bits per heavy atom. The summed E-state index contributed by atoms with van der Waals surface area (Å²) in [6, 6.07) is 13.7. The predicted molar refractivity (Wildman–Crippen MR) is 93.7 cm³/mol. The molecule has 0 fully saturated rings. The van der Waals surface area contributed by atoms with Gasteiger partial charge in [-0.15, -0.1) is 16.4 Å². The molecule has 3 aromatic rings. The van der Waals surface area contributed by atoms with Gasteiger partial charge in [0.2, 0.25) is 18.0 Å². The Morgan fingerprint density at radius 1 is 1.25 bits per heavy atom. The zero-order valence-electron chi connectivity index (χ0n) is 13.3. The summed E-state index contributed by atoms with van der Waals surface area (Å²) in [5.74, 6) is 0.295. The molecule has 1 amide bonds. The summed E-state index contributed by atoms with van der Waals surface area (Å²) >= 11 is 1.54. The number of carbonyl (C=O) groups is 1. The molecule has 24 heavy (non-hydrogen) atoms. The van der Waals surface area contributed by atoms with Crippen LogP contribution in [0.1, 0.15) is 29.3 Å². The number of amides is 1. The van der Waals surface area contributed by atoms with Gasteiger partial charge >= 0.3 is 0 Å². The molecule has 0 aliphatic carbocycles. The van der Waals surface area contributed by atoms with Crippen LogP contribution in [-0.4, -0.2) is 21.8 Å². The van der Waals surface area contributed by atoms with Gasteiger partial charge in [0.15, 0.2) is 0 Å². The third-order valence-corrected chi connectivity index (χ3v) is 4.73. The Morgan fingerprint density at radius 2 is 2.08 bits per heavy atom. The summed E-state index contributed by atoms with van der Waals surface area (Å²) in [5, 5.41) is 8.75. The number of hydrogen-bond donors (Lipinski definition) is 0. The van der Waals surface area contributed by atoms with Crippen LogP contribution in [0.4, 0.5) is 0 Å². The minimum Gasteiger partial charge on any atom is -0.445 e. The second kappa shape index (κ2) is 5.72. The lowest BCUT2D eigenvalue weighted by Gasteiger charge is -2.17. The zero-order valence-corrected chi connectivity index (χ0v) is 14.1. The van der Waals surface area contributed by atoms with Crippen molar-refractivity contribution in [2.24, 2.45) is 5.10 Å². The number of hydrazone groups is 1. The number of carbonyl (C=O) groups excluding carboxylic acids is 1. The highest BCUT2D eigenvalue weighted by Crippen LogP contribution is 2.34. The van der Waals surface area contributed by atoms with Crippen LogP contribution in [0.3, 0.4) is 0 Å². The van der Waals surface area contributed by atoms with Crippen molar-refractivity contribution in [3.8, 4) is 0 Å². The lowest BCUT2D eigenvalue weighted by molar-refractivity contribution is -0.135. The van der Waals surface area contributed by atoms with E-state index in [0.29, 0.717) is 5.90 Å². The molecule has 0 bridgehead atoms. The van der Waals surface area contributed by atoms with E-state index in [9.17, 15) is 4.79 Å². The van der Waals surface area contributed by atoms with E-state index < -0.39 is 6.23 Å². The van der Waals surface area contributed by atoms with E-state index in [1.807, 2.05) is 54.8 Å². The molecule has 4 rings (SSSR count). The van der Waals surface area contributed by atoms with Gasteiger partial charge in [-0.2, -0.15) is 5.01 Å². The van der Waals surface area contributed by atoms with Gasteiger partial charge in [-0.05, 0) is 30.5 Å². The first kappa shape index (κ1) is 14.8. The van der Waals surface area contributed by atoms with Crippen LogP contribution in [-0.2, 0) is 9.53 Å². The summed E-state index contributed by atoms with van der Waals surface area (Å²) in [4.78, 5) is 17.5. The number of para-hydroxylation sites is 1. The molecule has 0 N–H and O–H groups in total. The fourth-order valence-electron chi connectivity index (χ4n) is 2.78. The lowest BCUT2D eigenvalue weighted by Crippen LogP contribution is -2.24. The minimum absolute atomic E-state index is 0.154. The van der Waals surface area contributed by atoms with Gasteiger partial charge < -0.3 is 4.74 Å². The average molecular weight is 337 g/mol. The molecule has 1 aromatic carbocycles. The lowest BCUT2D eigenvalue weighted by atomic mass is 10.1. The Kier molecular flexibility index (Phi) is 3.54. The second-order valence-electron chi connectivity index (χ2n) is 5.58. The molecule has 2 aromatic heterocycles. The summed E-state index contributed by atoms with van der Waals surface area (Å²) in [5.41, 5.74) is 2.61. The molecular formula is C18H15N3O2S. The molecule has 1 atom stereocenters.